The third kappa shape index (κ3) is 3.66. The summed E-state index contributed by atoms with van der Waals surface area (Å²) in [5, 5.41) is 7.37. The van der Waals surface area contributed by atoms with Gasteiger partial charge in [0.25, 0.3) is 0 Å². The van der Waals surface area contributed by atoms with Crippen LogP contribution in [0.5, 0.6) is 0 Å². The monoisotopic (exact) mass is 570 g/mol. The minimum atomic E-state index is -3.02. The van der Waals surface area contributed by atoms with Crippen LogP contribution in [0.1, 0.15) is 37.6 Å². The summed E-state index contributed by atoms with van der Waals surface area (Å²) in [6, 6.07) is 1.58. The Hall–Kier alpha value is -5.01. The topological polar surface area (TPSA) is 144 Å². The SMILES string of the molecule is [2H]C([2H])([2H])n1cc(-c2[nH]c3ncc4c(c3c2-c2cc(F)c3c(cnn3C([2H])([2H])[2H])c2)n([C@@H]2CC[C@@H](OC(N)=O)C2)c(=O)n4C([2H])([2H])[2H])c(F)n1. The molecule has 12 nitrogen and oxygen atoms in total. The number of halogens is 2. The lowest BCUT2D eigenvalue weighted by Crippen LogP contribution is -2.26. The average Bonchev–Trinajstić information content (AvgIpc) is 3.79. The molecule has 3 N–H and O–H groups in total. The number of amides is 1. The Morgan fingerprint density at radius 2 is 2.07 bits per heavy atom. The number of hydrogen-bond donors (Lipinski definition) is 2. The lowest BCUT2D eigenvalue weighted by atomic mass is 9.98. The first kappa shape index (κ1) is 16.9. The summed E-state index contributed by atoms with van der Waals surface area (Å²) in [5.74, 6) is -2.27. The Morgan fingerprint density at radius 3 is 2.83 bits per heavy atom. The maximum Gasteiger partial charge on any atom is 0.404 e. The molecule has 0 radical (unpaired) electrons. The molecule has 7 rings (SSSR count). The van der Waals surface area contributed by atoms with Crippen molar-refractivity contribution in [3.63, 3.8) is 0 Å². The maximum absolute atomic E-state index is 16.0. The number of primary amides is 1. The lowest BCUT2D eigenvalue weighted by Gasteiger charge is -2.14. The fraction of sp³-hybridized carbons (Fsp3) is 0.296. The van der Waals surface area contributed by atoms with Gasteiger partial charge < -0.3 is 15.5 Å². The largest absolute Gasteiger partial charge is 0.446 e. The van der Waals surface area contributed by atoms with Crippen molar-refractivity contribution in [2.45, 2.75) is 31.4 Å². The number of aromatic nitrogens is 8. The zero-order valence-corrected chi connectivity index (χ0v) is 20.9. The molecule has 0 bridgehead atoms. The van der Waals surface area contributed by atoms with Crippen molar-refractivity contribution < 1.29 is 30.6 Å². The number of benzene rings is 1. The first-order valence-electron chi connectivity index (χ1n) is 16.8. The predicted molar refractivity (Wildman–Crippen MR) is 146 cm³/mol. The van der Waals surface area contributed by atoms with E-state index in [2.05, 4.69) is 20.2 Å². The van der Waals surface area contributed by atoms with Gasteiger partial charge in [0.15, 0.2) is 0 Å². The summed E-state index contributed by atoms with van der Waals surface area (Å²) < 4.78 is 110. The Morgan fingerprint density at radius 1 is 1.20 bits per heavy atom. The van der Waals surface area contributed by atoms with E-state index in [1.807, 2.05) is 0 Å². The molecule has 2 atom stereocenters. The molecular weight excluding hydrogens is 536 g/mol. The molecule has 5 aromatic heterocycles. The molecular formula is C27H25F2N9O3. The summed E-state index contributed by atoms with van der Waals surface area (Å²) >= 11 is 0. The summed E-state index contributed by atoms with van der Waals surface area (Å²) in [4.78, 5) is 32.8. The lowest BCUT2D eigenvalue weighted by molar-refractivity contribution is 0.108. The molecule has 1 fully saturated rings. The fourth-order valence-electron chi connectivity index (χ4n) is 5.88. The second kappa shape index (κ2) is 8.74. The van der Waals surface area contributed by atoms with Gasteiger partial charge in [0.2, 0.25) is 5.95 Å². The molecule has 1 aromatic carbocycles. The van der Waals surface area contributed by atoms with Crippen LogP contribution in [0, 0.1) is 11.8 Å². The molecule has 0 unspecified atom stereocenters. The maximum atomic E-state index is 16.0. The molecule has 210 valence electrons. The molecule has 0 spiro atoms. The minimum Gasteiger partial charge on any atom is -0.446 e. The van der Waals surface area contributed by atoms with E-state index in [-0.39, 0.29) is 74.6 Å². The van der Waals surface area contributed by atoms with E-state index in [0.29, 0.717) is 13.9 Å². The van der Waals surface area contributed by atoms with Crippen LogP contribution in [0.15, 0.2) is 35.5 Å². The van der Waals surface area contributed by atoms with Crippen LogP contribution >= 0.6 is 0 Å². The Bertz CT molecular complexity index is 2420. The summed E-state index contributed by atoms with van der Waals surface area (Å²) in [6.07, 6.45) is 2.04. The average molecular weight is 571 g/mol. The Balaban J connectivity index is 1.61. The van der Waals surface area contributed by atoms with Gasteiger partial charge >= 0.3 is 11.8 Å². The highest BCUT2D eigenvalue weighted by Gasteiger charge is 2.33. The number of H-pyrrole nitrogens is 1. The number of rotatable bonds is 4. The highest BCUT2D eigenvalue weighted by atomic mass is 19.1. The van der Waals surface area contributed by atoms with Crippen molar-refractivity contribution in [1.82, 2.24) is 38.7 Å². The number of ether oxygens (including phenoxy) is 1. The second-order valence-electron chi connectivity index (χ2n) is 9.83. The van der Waals surface area contributed by atoms with Crippen molar-refractivity contribution in [2.24, 2.45) is 26.7 Å². The summed E-state index contributed by atoms with van der Waals surface area (Å²) in [6.45, 7) is -8.75. The molecule has 1 aliphatic rings. The molecule has 1 saturated carbocycles. The molecule has 6 aromatic rings. The number of fused-ring (bicyclic) bond motifs is 4. The molecule has 0 saturated heterocycles. The molecule has 0 aliphatic heterocycles. The highest BCUT2D eigenvalue weighted by Crippen LogP contribution is 2.44. The molecule has 14 heteroatoms. The number of carbonyl (C=O) groups is 1. The van der Waals surface area contributed by atoms with Crippen molar-refractivity contribution >= 4 is 39.1 Å². The normalized spacial score (nSPS) is 21.6. The van der Waals surface area contributed by atoms with E-state index >= 15 is 8.78 Å². The van der Waals surface area contributed by atoms with Gasteiger partial charge in [-0.15, -0.1) is 5.10 Å². The fourth-order valence-corrected chi connectivity index (χ4v) is 5.88. The van der Waals surface area contributed by atoms with Gasteiger partial charge in [-0.3, -0.25) is 18.5 Å². The van der Waals surface area contributed by atoms with E-state index in [4.69, 9.17) is 22.8 Å². The number of nitrogens with two attached hydrogens (primary N) is 1. The first-order chi connectivity index (χ1) is 23.3. The van der Waals surface area contributed by atoms with E-state index in [0.717, 1.165) is 24.7 Å². The zero-order valence-electron chi connectivity index (χ0n) is 29.9. The first-order valence-corrected chi connectivity index (χ1v) is 12.3. The molecule has 1 amide bonds. The van der Waals surface area contributed by atoms with Gasteiger partial charge in [-0.05, 0) is 30.5 Å². The number of nitrogens with one attached hydrogen (secondary N) is 1. The number of aromatic amines is 1. The van der Waals surface area contributed by atoms with Crippen LogP contribution in [-0.4, -0.2) is 50.9 Å². The minimum absolute atomic E-state index is 0.000614. The van der Waals surface area contributed by atoms with Gasteiger partial charge in [0.05, 0.1) is 40.1 Å². The Labute approximate surface area is 242 Å². The van der Waals surface area contributed by atoms with Crippen LogP contribution in [0.3, 0.4) is 0 Å². The van der Waals surface area contributed by atoms with Crippen molar-refractivity contribution in [1.29, 1.82) is 0 Å². The standard InChI is InChI=1S/C27H25F2N9O3/c1-35-11-16(24(29)34-35)21-19(12-6-13-9-32-37(3)22(13)17(28)7-12)20-23-18(10-31-25(20)33-21)36(2)27(40)38(23)14-4-5-15(8-14)41-26(30)39/h6-7,9-11,14-15H,4-5,8H2,1-3H3,(H2,30,39)(H,31,33)/t14-,15-/m1/s1/i1D3,2D3,3D3. The zero-order chi connectivity index (χ0) is 36.2. The quantitative estimate of drug-likeness (QED) is 0.331. The van der Waals surface area contributed by atoms with Crippen LogP contribution < -0.4 is 11.4 Å². The predicted octanol–water partition coefficient (Wildman–Crippen LogP) is 3.64. The summed E-state index contributed by atoms with van der Waals surface area (Å²) in [7, 11) is 0. The van der Waals surface area contributed by atoms with Crippen molar-refractivity contribution in [3.05, 3.63) is 53.0 Å². The van der Waals surface area contributed by atoms with Crippen LogP contribution in [0.4, 0.5) is 13.6 Å². The number of nitrogens with zero attached hydrogens (tertiary/aromatic N) is 7. The number of aryl methyl sites for hydroxylation is 3. The number of carbonyl (C=O) groups excluding carboxylic acids is 1. The van der Waals surface area contributed by atoms with Crippen molar-refractivity contribution in [3.8, 4) is 22.4 Å². The van der Waals surface area contributed by atoms with Gasteiger partial charge in [-0.1, -0.05) is 0 Å². The molecule has 1 aliphatic carbocycles. The van der Waals surface area contributed by atoms with Crippen LogP contribution in [-0.2, 0) is 25.7 Å². The number of pyridine rings is 1. The number of imidazole rings is 1. The smallest absolute Gasteiger partial charge is 0.404 e. The third-order valence-corrected chi connectivity index (χ3v) is 7.50. The second-order valence-corrected chi connectivity index (χ2v) is 9.83. The third-order valence-electron chi connectivity index (χ3n) is 7.50. The van der Waals surface area contributed by atoms with Crippen LogP contribution in [0.25, 0.3) is 55.4 Å². The van der Waals surface area contributed by atoms with Gasteiger partial charge in [-0.2, -0.15) is 9.49 Å². The van der Waals surface area contributed by atoms with Crippen molar-refractivity contribution in [2.75, 3.05) is 0 Å². The molecule has 41 heavy (non-hydrogen) atoms. The van der Waals surface area contributed by atoms with E-state index in [9.17, 15) is 9.59 Å². The van der Waals surface area contributed by atoms with E-state index < -0.39 is 56.6 Å². The number of hydrogen-bond acceptors (Lipinski definition) is 6. The molecule has 5 heterocycles. The van der Waals surface area contributed by atoms with Gasteiger partial charge in [0, 0.05) is 62.9 Å². The highest BCUT2D eigenvalue weighted by molar-refractivity contribution is 6.14. The Kier molecular flexibility index (Phi) is 3.61. The summed E-state index contributed by atoms with van der Waals surface area (Å²) in [5.41, 5.74) is 3.10. The van der Waals surface area contributed by atoms with Gasteiger partial charge in [0.1, 0.15) is 23.1 Å². The van der Waals surface area contributed by atoms with E-state index in [1.165, 1.54) is 10.6 Å². The van der Waals surface area contributed by atoms with Crippen LogP contribution in [0.2, 0.25) is 0 Å². The van der Waals surface area contributed by atoms with E-state index in [1.54, 1.807) is 0 Å². The van der Waals surface area contributed by atoms with Gasteiger partial charge in [-0.25, -0.2) is 19.0 Å².